The van der Waals surface area contributed by atoms with Gasteiger partial charge in [0.2, 0.25) is 0 Å². The van der Waals surface area contributed by atoms with Crippen LogP contribution in [0.15, 0.2) is 60.7 Å². The predicted molar refractivity (Wildman–Crippen MR) is 113 cm³/mol. The first kappa shape index (κ1) is 22.2. The lowest BCUT2D eigenvalue weighted by Gasteiger charge is -2.26. The fourth-order valence-corrected chi connectivity index (χ4v) is 3.19. The van der Waals surface area contributed by atoms with Gasteiger partial charge in [-0.1, -0.05) is 60.7 Å². The number of halogens is 1. The van der Waals surface area contributed by atoms with Crippen LogP contribution in [0.3, 0.4) is 0 Å². The molecule has 5 nitrogen and oxygen atoms in total. The minimum absolute atomic E-state index is 0. The number of carbonyl (C=O) groups is 1. The van der Waals surface area contributed by atoms with Crippen molar-refractivity contribution in [3.05, 3.63) is 71.8 Å². The van der Waals surface area contributed by atoms with Crippen molar-refractivity contribution in [2.75, 3.05) is 26.2 Å². The highest BCUT2D eigenvalue weighted by molar-refractivity contribution is 5.85. The lowest BCUT2D eigenvalue weighted by molar-refractivity contribution is 0.0207. The maximum Gasteiger partial charge on any atom is 0.407 e. The number of piperidine rings is 1. The minimum Gasteiger partial charge on any atom is -0.445 e. The van der Waals surface area contributed by atoms with Gasteiger partial charge < -0.3 is 20.1 Å². The molecule has 1 saturated heterocycles. The van der Waals surface area contributed by atoms with Gasteiger partial charge >= 0.3 is 6.09 Å². The molecule has 0 spiro atoms. The van der Waals surface area contributed by atoms with E-state index in [1.54, 1.807) is 0 Å². The van der Waals surface area contributed by atoms with Crippen molar-refractivity contribution in [2.45, 2.75) is 25.6 Å². The summed E-state index contributed by atoms with van der Waals surface area (Å²) in [5.74, 6) is 0.572. The zero-order chi connectivity index (χ0) is 18.7. The van der Waals surface area contributed by atoms with Crippen LogP contribution in [-0.2, 0) is 16.1 Å². The molecule has 2 N–H and O–H groups in total. The van der Waals surface area contributed by atoms with Gasteiger partial charge in [-0.15, -0.1) is 12.4 Å². The quantitative estimate of drug-likeness (QED) is 0.695. The van der Waals surface area contributed by atoms with Gasteiger partial charge in [-0.25, -0.2) is 4.79 Å². The van der Waals surface area contributed by atoms with E-state index in [0.717, 1.165) is 37.1 Å². The number of rotatable bonds is 8. The highest BCUT2D eigenvalue weighted by Crippen LogP contribution is 2.20. The summed E-state index contributed by atoms with van der Waals surface area (Å²) in [5, 5.41) is 6.21. The Morgan fingerprint density at radius 3 is 2.36 bits per heavy atom. The topological polar surface area (TPSA) is 59.6 Å². The maximum absolute atomic E-state index is 12.1. The van der Waals surface area contributed by atoms with E-state index in [4.69, 9.17) is 9.47 Å². The Morgan fingerprint density at radius 2 is 1.68 bits per heavy atom. The number of carbonyl (C=O) groups excluding carboxylic acids is 1. The molecule has 3 rings (SSSR count). The normalized spacial score (nSPS) is 15.3. The molecular weight excluding hydrogens is 376 g/mol. The number of amides is 1. The molecule has 6 heteroatoms. The van der Waals surface area contributed by atoms with Gasteiger partial charge in [0.1, 0.15) is 6.61 Å². The molecule has 1 heterocycles. The Morgan fingerprint density at radius 1 is 1.04 bits per heavy atom. The molecule has 1 amide bonds. The Kier molecular flexibility index (Phi) is 9.83. The molecule has 1 atom stereocenters. The zero-order valence-electron chi connectivity index (χ0n) is 16.0. The van der Waals surface area contributed by atoms with Gasteiger partial charge in [0.25, 0.3) is 0 Å². The van der Waals surface area contributed by atoms with Crippen LogP contribution in [-0.4, -0.2) is 32.3 Å². The number of hydrogen-bond acceptors (Lipinski definition) is 4. The molecule has 1 fully saturated rings. The van der Waals surface area contributed by atoms with Crippen LogP contribution in [0.1, 0.15) is 30.1 Å². The largest absolute Gasteiger partial charge is 0.445 e. The molecule has 0 radical (unpaired) electrons. The third kappa shape index (κ3) is 7.50. The summed E-state index contributed by atoms with van der Waals surface area (Å²) in [6.07, 6.45) is 1.66. The average molecular weight is 405 g/mol. The molecule has 2 aromatic carbocycles. The molecular formula is C22H29ClN2O3. The SMILES string of the molecule is Cl.O=C(NCC(OCC1CCNCC1)c1ccccc1)OCc1ccccc1. The van der Waals surface area contributed by atoms with Gasteiger partial charge in [0.05, 0.1) is 19.3 Å². The molecule has 2 aromatic rings. The molecule has 1 unspecified atom stereocenters. The van der Waals surface area contributed by atoms with Crippen LogP contribution in [0.25, 0.3) is 0 Å². The second-order valence-electron chi connectivity index (χ2n) is 6.87. The van der Waals surface area contributed by atoms with Gasteiger partial charge in [-0.2, -0.15) is 0 Å². The monoisotopic (exact) mass is 404 g/mol. The van der Waals surface area contributed by atoms with E-state index in [2.05, 4.69) is 10.6 Å². The van der Waals surface area contributed by atoms with E-state index in [9.17, 15) is 4.79 Å². The van der Waals surface area contributed by atoms with Crippen molar-refractivity contribution in [2.24, 2.45) is 5.92 Å². The highest BCUT2D eigenvalue weighted by Gasteiger charge is 2.18. The first-order chi connectivity index (χ1) is 13.3. The summed E-state index contributed by atoms with van der Waals surface area (Å²) >= 11 is 0. The number of alkyl carbamates (subject to hydrolysis) is 1. The van der Waals surface area contributed by atoms with Crippen molar-refractivity contribution in [1.29, 1.82) is 0 Å². The molecule has 1 aliphatic heterocycles. The maximum atomic E-state index is 12.1. The summed E-state index contributed by atoms with van der Waals surface area (Å²) in [7, 11) is 0. The van der Waals surface area contributed by atoms with E-state index in [-0.39, 0.29) is 25.1 Å². The number of nitrogens with one attached hydrogen (secondary N) is 2. The lowest BCUT2D eigenvalue weighted by Crippen LogP contribution is -2.33. The van der Waals surface area contributed by atoms with Gasteiger partial charge in [0, 0.05) is 0 Å². The van der Waals surface area contributed by atoms with Gasteiger partial charge in [-0.3, -0.25) is 0 Å². The third-order valence-electron chi connectivity index (χ3n) is 4.81. The van der Waals surface area contributed by atoms with Gasteiger partial charge in [-0.05, 0) is 43.0 Å². The van der Waals surface area contributed by atoms with Crippen LogP contribution in [0.5, 0.6) is 0 Å². The molecule has 0 aliphatic carbocycles. The average Bonchev–Trinajstić information content (AvgIpc) is 2.74. The summed E-state index contributed by atoms with van der Waals surface area (Å²) < 4.78 is 11.5. The molecule has 0 bridgehead atoms. The van der Waals surface area contributed by atoms with Crippen LogP contribution in [0.4, 0.5) is 4.79 Å². The Hall–Kier alpha value is -2.08. The fraction of sp³-hybridized carbons (Fsp3) is 0.409. The highest BCUT2D eigenvalue weighted by atomic mass is 35.5. The fourth-order valence-electron chi connectivity index (χ4n) is 3.19. The summed E-state index contributed by atoms with van der Waals surface area (Å²) in [4.78, 5) is 12.1. The van der Waals surface area contributed by atoms with Crippen LogP contribution < -0.4 is 10.6 Å². The Labute approximate surface area is 173 Å². The molecule has 28 heavy (non-hydrogen) atoms. The van der Waals surface area contributed by atoms with Crippen molar-refractivity contribution >= 4 is 18.5 Å². The van der Waals surface area contributed by atoms with Crippen LogP contribution in [0.2, 0.25) is 0 Å². The molecule has 0 aromatic heterocycles. The molecule has 152 valence electrons. The van der Waals surface area contributed by atoms with Gasteiger partial charge in [0.15, 0.2) is 0 Å². The second kappa shape index (κ2) is 12.4. The number of hydrogen-bond donors (Lipinski definition) is 2. The number of benzene rings is 2. The van der Waals surface area contributed by atoms with E-state index in [0.29, 0.717) is 19.1 Å². The first-order valence-corrected chi connectivity index (χ1v) is 9.63. The van der Waals surface area contributed by atoms with E-state index < -0.39 is 6.09 Å². The van der Waals surface area contributed by atoms with Crippen molar-refractivity contribution in [3.63, 3.8) is 0 Å². The summed E-state index contributed by atoms with van der Waals surface area (Å²) in [6, 6.07) is 19.7. The minimum atomic E-state index is -0.426. The predicted octanol–water partition coefficient (Wildman–Crippen LogP) is 4.09. The third-order valence-corrected chi connectivity index (χ3v) is 4.81. The first-order valence-electron chi connectivity index (χ1n) is 9.63. The van der Waals surface area contributed by atoms with Crippen molar-refractivity contribution < 1.29 is 14.3 Å². The number of ether oxygens (including phenoxy) is 2. The van der Waals surface area contributed by atoms with Crippen LogP contribution in [0, 0.1) is 5.92 Å². The lowest BCUT2D eigenvalue weighted by atomic mass is 9.99. The Balaban J connectivity index is 0.00000280. The second-order valence-corrected chi connectivity index (χ2v) is 6.87. The standard InChI is InChI=1S/C22H28N2O3.ClH/c25-22(27-17-18-7-3-1-4-8-18)24-15-21(20-9-5-2-6-10-20)26-16-19-11-13-23-14-12-19;/h1-10,19,21,23H,11-17H2,(H,24,25);1H. The van der Waals surface area contributed by atoms with Crippen molar-refractivity contribution in [3.8, 4) is 0 Å². The molecule has 0 saturated carbocycles. The van der Waals surface area contributed by atoms with E-state index in [1.165, 1.54) is 0 Å². The zero-order valence-corrected chi connectivity index (χ0v) is 16.8. The van der Waals surface area contributed by atoms with E-state index in [1.807, 2.05) is 60.7 Å². The van der Waals surface area contributed by atoms with Crippen molar-refractivity contribution in [1.82, 2.24) is 10.6 Å². The molecule has 1 aliphatic rings. The summed E-state index contributed by atoms with van der Waals surface area (Å²) in [6.45, 7) is 3.46. The Bertz CT molecular complexity index is 679. The van der Waals surface area contributed by atoms with Crippen LogP contribution >= 0.6 is 12.4 Å². The van der Waals surface area contributed by atoms with E-state index >= 15 is 0 Å². The smallest absolute Gasteiger partial charge is 0.407 e. The summed E-state index contributed by atoms with van der Waals surface area (Å²) in [5.41, 5.74) is 2.03.